The van der Waals surface area contributed by atoms with Gasteiger partial charge in [0, 0.05) is 71.6 Å². The molecule has 10 aromatic carbocycles. The number of halogens is 1. The molecule has 0 saturated heterocycles. The highest BCUT2D eigenvalue weighted by atomic mass is 19.1. The van der Waals surface area contributed by atoms with Crippen LogP contribution < -0.4 is 0 Å². The monoisotopic (exact) mass is 1540 g/mol. The molecule has 0 bridgehead atoms. The molecule has 19 rings (SSSR count). The number of rotatable bonds is 7. The van der Waals surface area contributed by atoms with E-state index in [-0.39, 0.29) is 32.9 Å². The molecule has 0 spiro atoms. The number of pyridine rings is 1. The van der Waals surface area contributed by atoms with E-state index in [0.717, 1.165) is 85.1 Å². The standard InChI is InChI=1S/C23H24N2.C23H26N2.C23H25N.C19H19FN2.C19H20N2/c1-14-8-9-18-17(10-14)22-21-19(23(18,2)3)11-16(15-6-4-5-7-15)12-20(21)24-13-25-22;1-14-7-8-17-16(9-14)21-20-18(23(17,5)6)10-15(12-22(2,3)4)11-19(20)24-13-25-21;1-22(2,3)14-15-12-19-21-17(10-11-24-20(21)13-15)16-8-6-7-9-18(16)23(19,4)5;1-11(2)14-5-6-16-17(9-14)21-10-22-19(16)15-7-12(3)18(20)13(4)8-15;1-12(2)15-5-6-17-18(10-15)20-11-21-19(17)16-8-13(3)7-14(4)9-16/h8-13,15H,4-7H2,1-3H3;7-11,13H,12H2,1-6H3;6-13H,14H2,1-5H3;5-11H,1-4H3;5-12H,1-4H3. The Morgan fingerprint density at radius 3 is 1.26 bits per heavy atom. The van der Waals surface area contributed by atoms with Gasteiger partial charge in [0.15, 0.2) is 0 Å². The van der Waals surface area contributed by atoms with Crippen LogP contribution in [0.3, 0.4) is 0 Å². The highest BCUT2D eigenvalue weighted by Gasteiger charge is 2.39. The summed E-state index contributed by atoms with van der Waals surface area (Å²) in [5.41, 5.74) is 38.6. The second kappa shape index (κ2) is 31.4. The van der Waals surface area contributed by atoms with E-state index in [4.69, 9.17) is 9.97 Å². The number of hydrogen-bond donors (Lipinski definition) is 0. The zero-order valence-corrected chi connectivity index (χ0v) is 72.9. The minimum Gasteiger partial charge on any atom is -0.256 e. The van der Waals surface area contributed by atoms with Crippen molar-refractivity contribution in [2.75, 3.05) is 0 Å². The molecule has 5 aromatic heterocycles. The Hall–Kier alpha value is -11.1. The molecule has 117 heavy (non-hydrogen) atoms. The number of benzene rings is 10. The van der Waals surface area contributed by atoms with Crippen molar-refractivity contribution in [3.8, 4) is 56.2 Å². The van der Waals surface area contributed by atoms with Crippen LogP contribution in [0.15, 0.2) is 201 Å². The summed E-state index contributed by atoms with van der Waals surface area (Å²) in [6.45, 7) is 48.7. The fourth-order valence-corrected chi connectivity index (χ4v) is 18.9. The first-order valence-electron chi connectivity index (χ1n) is 42.2. The van der Waals surface area contributed by atoms with Gasteiger partial charge in [0.25, 0.3) is 0 Å². The van der Waals surface area contributed by atoms with E-state index in [1.54, 1.807) is 39.2 Å². The fourth-order valence-electron chi connectivity index (χ4n) is 18.9. The lowest BCUT2D eigenvalue weighted by atomic mass is 9.68. The molecule has 0 N–H and O–H groups in total. The minimum absolute atomic E-state index is 0.00122. The van der Waals surface area contributed by atoms with Gasteiger partial charge in [0.05, 0.1) is 50.4 Å². The lowest BCUT2D eigenvalue weighted by molar-refractivity contribution is 0.410. The van der Waals surface area contributed by atoms with Crippen LogP contribution in [0.5, 0.6) is 0 Å². The Kier molecular flexibility index (Phi) is 21.8. The first-order valence-corrected chi connectivity index (χ1v) is 42.2. The molecule has 4 aliphatic carbocycles. The summed E-state index contributed by atoms with van der Waals surface area (Å²) in [5.74, 6) is 1.52. The van der Waals surface area contributed by atoms with Crippen molar-refractivity contribution in [2.24, 2.45) is 10.8 Å². The lowest BCUT2D eigenvalue weighted by Gasteiger charge is -2.35. The van der Waals surface area contributed by atoms with Crippen molar-refractivity contribution in [3.63, 3.8) is 0 Å². The van der Waals surface area contributed by atoms with Gasteiger partial charge in [-0.1, -0.05) is 243 Å². The zero-order valence-electron chi connectivity index (χ0n) is 72.9. The average molecular weight is 1550 g/mol. The largest absolute Gasteiger partial charge is 0.256 e. The van der Waals surface area contributed by atoms with Gasteiger partial charge in [0.1, 0.15) is 31.1 Å². The second-order valence-electron chi connectivity index (χ2n) is 38.4. The molecule has 9 nitrogen and oxygen atoms in total. The molecule has 15 aromatic rings. The average Bonchev–Trinajstić information content (AvgIpc) is 1.30. The molecule has 10 heteroatoms. The van der Waals surface area contributed by atoms with Gasteiger partial charge in [-0.05, 0) is 252 Å². The molecule has 0 aliphatic heterocycles. The van der Waals surface area contributed by atoms with Crippen molar-refractivity contribution in [3.05, 3.63) is 302 Å². The van der Waals surface area contributed by atoms with E-state index in [1.807, 2.05) is 18.3 Å². The smallest absolute Gasteiger partial charge is 0.129 e. The molecule has 594 valence electrons. The van der Waals surface area contributed by atoms with E-state index in [0.29, 0.717) is 28.9 Å². The molecule has 1 saturated carbocycles. The molecule has 5 heterocycles. The Bertz CT molecular complexity index is 6330. The van der Waals surface area contributed by atoms with Crippen molar-refractivity contribution in [2.45, 2.75) is 225 Å². The van der Waals surface area contributed by atoms with Crippen LogP contribution in [-0.4, -0.2) is 44.9 Å². The zero-order chi connectivity index (χ0) is 83.1. The number of hydrogen-bond acceptors (Lipinski definition) is 9. The lowest BCUT2D eigenvalue weighted by Crippen LogP contribution is -2.25. The minimum atomic E-state index is -0.149. The van der Waals surface area contributed by atoms with Gasteiger partial charge in [-0.2, -0.15) is 0 Å². The number of nitrogens with zero attached hydrogens (tertiary/aromatic N) is 9. The molecular weight excluding hydrogens is 1430 g/mol. The van der Waals surface area contributed by atoms with Gasteiger partial charge in [-0.25, -0.2) is 44.3 Å². The van der Waals surface area contributed by atoms with Gasteiger partial charge >= 0.3 is 0 Å². The van der Waals surface area contributed by atoms with E-state index >= 15 is 0 Å². The van der Waals surface area contributed by atoms with Crippen LogP contribution in [0.1, 0.15) is 249 Å². The predicted molar refractivity (Wildman–Crippen MR) is 488 cm³/mol. The van der Waals surface area contributed by atoms with Gasteiger partial charge in [-0.15, -0.1) is 0 Å². The third kappa shape index (κ3) is 16.1. The van der Waals surface area contributed by atoms with Crippen molar-refractivity contribution < 1.29 is 4.39 Å². The maximum Gasteiger partial charge on any atom is 0.129 e. The third-order valence-corrected chi connectivity index (χ3v) is 24.7. The van der Waals surface area contributed by atoms with Crippen LogP contribution in [0, 0.1) is 58.2 Å². The van der Waals surface area contributed by atoms with Crippen LogP contribution in [0.4, 0.5) is 4.39 Å². The summed E-state index contributed by atoms with van der Waals surface area (Å²) in [4.78, 5) is 41.2. The van der Waals surface area contributed by atoms with Crippen molar-refractivity contribution >= 4 is 54.5 Å². The maximum atomic E-state index is 13.8. The second-order valence-corrected chi connectivity index (χ2v) is 38.4. The highest BCUT2D eigenvalue weighted by molar-refractivity contribution is 6.04. The summed E-state index contributed by atoms with van der Waals surface area (Å²) in [7, 11) is 0. The maximum absolute atomic E-state index is 13.8. The molecular formula is C107H114FN9. The number of aromatic nitrogens is 9. The van der Waals surface area contributed by atoms with Gasteiger partial charge in [0.2, 0.25) is 0 Å². The summed E-state index contributed by atoms with van der Waals surface area (Å²) < 4.78 is 13.8. The van der Waals surface area contributed by atoms with Crippen LogP contribution >= 0.6 is 0 Å². The molecule has 1 fully saturated rings. The Morgan fingerprint density at radius 1 is 0.359 bits per heavy atom. The summed E-state index contributed by atoms with van der Waals surface area (Å²) in [6.07, 6.45) is 16.1. The first kappa shape index (κ1) is 81.1. The van der Waals surface area contributed by atoms with Crippen LogP contribution in [0.25, 0.3) is 111 Å². The highest BCUT2D eigenvalue weighted by Crippen LogP contribution is 2.53. The summed E-state index contributed by atoms with van der Waals surface area (Å²) >= 11 is 0. The number of fused-ring (bicyclic) bond motifs is 8. The van der Waals surface area contributed by atoms with Crippen LogP contribution in [-0.2, 0) is 29.1 Å². The Labute approximate surface area is 693 Å². The molecule has 0 unspecified atom stereocenters. The molecule has 0 atom stereocenters. The van der Waals surface area contributed by atoms with Crippen molar-refractivity contribution in [1.29, 1.82) is 0 Å². The SMILES string of the molecule is CC(C)(C)Cc1cc2c3c(ccnc3c1)-c1ccccc1C2(C)C.Cc1cc(-c2ncnc3cc(C(C)C)ccc23)cc(C)c1F.Cc1cc(C)cc(-c2ncnc3cc(C(C)C)ccc23)c1.Cc1ccc2c(c1)-c1ncnc3cc(C4CCCC4)cc(c13)C2(C)C.Cc1ccc2c(c1)-c1ncnc3cc(CC(C)(C)C)cc(c13)C2(C)C. The summed E-state index contributed by atoms with van der Waals surface area (Å²) in [5, 5.41) is 5.93. The number of aryl methyl sites for hydroxylation is 6. The molecule has 0 amide bonds. The van der Waals surface area contributed by atoms with E-state index < -0.39 is 0 Å². The molecule has 0 radical (unpaired) electrons. The predicted octanol–water partition coefficient (Wildman–Crippen LogP) is 28.1. The third-order valence-electron chi connectivity index (χ3n) is 24.7. The van der Waals surface area contributed by atoms with Crippen molar-refractivity contribution in [1.82, 2.24) is 44.9 Å². The Morgan fingerprint density at radius 2 is 0.778 bits per heavy atom. The fraction of sp³-hybridized carbons (Fsp3) is 0.336. The van der Waals surface area contributed by atoms with E-state index in [9.17, 15) is 4.39 Å². The van der Waals surface area contributed by atoms with E-state index in [1.165, 1.54) is 148 Å². The van der Waals surface area contributed by atoms with Gasteiger partial charge in [-0.3, -0.25) is 4.98 Å². The first-order chi connectivity index (χ1) is 55.5. The van der Waals surface area contributed by atoms with E-state index in [2.05, 4.69) is 331 Å². The molecule has 4 aliphatic rings. The summed E-state index contributed by atoms with van der Waals surface area (Å²) in [6, 6.07) is 61.8. The van der Waals surface area contributed by atoms with Gasteiger partial charge < -0.3 is 0 Å². The topological polar surface area (TPSA) is 116 Å². The van der Waals surface area contributed by atoms with Crippen LogP contribution in [0.2, 0.25) is 0 Å². The quantitative estimate of drug-likeness (QED) is 0.154. The Balaban J connectivity index is 0.000000115. The normalized spacial score (nSPS) is 14.5.